The molecule has 1 saturated carbocycles. The second kappa shape index (κ2) is 12.7. The van der Waals surface area contributed by atoms with E-state index in [9.17, 15) is 5.11 Å². The van der Waals surface area contributed by atoms with Crippen LogP contribution >= 0.6 is 23.2 Å². The molecule has 1 aliphatic rings. The number of aliphatic hydroxyl groups is 1. The van der Waals surface area contributed by atoms with Gasteiger partial charge in [0, 0.05) is 12.5 Å². The highest BCUT2D eigenvalue weighted by molar-refractivity contribution is 6.42. The Morgan fingerprint density at radius 3 is 2.47 bits per heavy atom. The van der Waals surface area contributed by atoms with Crippen molar-refractivity contribution in [1.82, 2.24) is 10.1 Å². The quantitative estimate of drug-likeness (QED) is 0.287. The maximum Gasteiger partial charge on any atom is 0.281 e. The normalized spacial score (nSPS) is 16.2. The van der Waals surface area contributed by atoms with Gasteiger partial charge in [0.2, 0.25) is 5.82 Å². The Morgan fingerprint density at radius 2 is 1.78 bits per heavy atom. The Bertz CT molecular complexity index is 1110. The lowest BCUT2D eigenvalue weighted by Gasteiger charge is -2.36. The summed E-state index contributed by atoms with van der Waals surface area (Å²) in [5, 5.41) is 17.3. The summed E-state index contributed by atoms with van der Waals surface area (Å²) in [6.45, 7) is 1.98. The van der Waals surface area contributed by atoms with E-state index >= 15 is 0 Å². The monoisotopic (exact) mass is 597 g/mol. The fourth-order valence-electron chi connectivity index (χ4n) is 4.93. The summed E-state index contributed by atoms with van der Waals surface area (Å²) in [6.07, 6.45) is 6.17. The van der Waals surface area contributed by atoms with Crippen molar-refractivity contribution in [2.45, 2.75) is 50.7 Å². The third-order valence-electron chi connectivity index (χ3n) is 6.85. The fraction of sp³-hybridized carbons (Fsp3) is 0.481. The van der Waals surface area contributed by atoms with Crippen LogP contribution in [-0.4, -0.2) is 47.0 Å². The van der Waals surface area contributed by atoms with E-state index in [0.29, 0.717) is 45.1 Å². The zero-order valence-corrected chi connectivity index (χ0v) is 23.9. The second-order valence-electron chi connectivity index (χ2n) is 10.1. The number of aromatic nitrogens is 2. The molecule has 0 aliphatic heterocycles. The summed E-state index contributed by atoms with van der Waals surface area (Å²) in [7, 11) is 4.24. The number of nitrogens with zero attached hydrogens (tertiary/aromatic N) is 3. The molecule has 36 heavy (non-hydrogen) atoms. The molecule has 6 nitrogen and oxygen atoms in total. The zero-order chi connectivity index (χ0) is 24.9. The van der Waals surface area contributed by atoms with Crippen molar-refractivity contribution in [2.75, 3.05) is 27.2 Å². The summed E-state index contributed by atoms with van der Waals surface area (Å²) in [5.74, 6) is 1.67. The first-order valence-corrected chi connectivity index (χ1v) is 13.0. The first-order chi connectivity index (χ1) is 16.8. The molecular weight excluding hydrogens is 565 g/mol. The number of ether oxygens (including phenoxy) is 1. The van der Waals surface area contributed by atoms with E-state index in [1.807, 2.05) is 36.4 Å². The minimum Gasteiger partial charge on any atom is -1.00 e. The van der Waals surface area contributed by atoms with E-state index in [1.165, 1.54) is 6.42 Å². The molecule has 196 valence electrons. The standard InChI is InChI=1S/C27H34Cl2N3O3.BrH/c1-32(2,16-9-17-34-22-14-15-23(28)24(29)18-22)19-25-30-26(31-35-25)27(33,20-10-5-3-6-11-20)21-12-7-4-8-13-21;/h3,5-6,10-11,14-15,18,21,33H,4,7-9,12-13,16-17,19H2,1-2H3;1H/q+1;/p-1. The summed E-state index contributed by atoms with van der Waals surface area (Å²) >= 11 is 12.0. The Kier molecular flexibility index (Phi) is 10.2. The lowest BCUT2D eigenvalue weighted by molar-refractivity contribution is -0.905. The van der Waals surface area contributed by atoms with Gasteiger partial charge >= 0.3 is 0 Å². The molecule has 1 heterocycles. The average Bonchev–Trinajstić information content (AvgIpc) is 3.33. The van der Waals surface area contributed by atoms with Gasteiger partial charge in [-0.05, 0) is 36.5 Å². The van der Waals surface area contributed by atoms with Gasteiger partial charge in [0.05, 0.1) is 37.3 Å². The predicted octanol–water partition coefficient (Wildman–Crippen LogP) is 3.24. The van der Waals surface area contributed by atoms with Gasteiger partial charge in [-0.25, -0.2) is 0 Å². The van der Waals surface area contributed by atoms with Gasteiger partial charge in [0.25, 0.3) is 5.89 Å². The van der Waals surface area contributed by atoms with Crippen LogP contribution in [-0.2, 0) is 12.1 Å². The van der Waals surface area contributed by atoms with Crippen molar-refractivity contribution in [3.8, 4) is 5.75 Å². The number of benzene rings is 2. The summed E-state index contributed by atoms with van der Waals surface area (Å²) < 4.78 is 12.1. The van der Waals surface area contributed by atoms with Gasteiger partial charge in [0.1, 0.15) is 5.75 Å². The molecule has 0 amide bonds. The van der Waals surface area contributed by atoms with Gasteiger partial charge in [-0.1, -0.05) is 78.0 Å². The molecule has 1 N–H and O–H groups in total. The van der Waals surface area contributed by atoms with E-state index < -0.39 is 5.60 Å². The molecule has 1 fully saturated rings. The summed E-state index contributed by atoms with van der Waals surface area (Å²) in [5.41, 5.74) is -0.415. The Morgan fingerprint density at radius 1 is 1.06 bits per heavy atom. The number of quaternary nitrogens is 1. The first-order valence-electron chi connectivity index (χ1n) is 12.3. The Balaban J connectivity index is 0.00000361. The molecule has 0 radical (unpaired) electrons. The minimum atomic E-state index is -1.24. The number of rotatable bonds is 10. The average molecular weight is 599 g/mol. The van der Waals surface area contributed by atoms with Crippen LogP contribution in [0.25, 0.3) is 0 Å². The first kappa shape index (κ1) is 28.9. The number of halogens is 3. The second-order valence-corrected chi connectivity index (χ2v) is 10.9. The highest BCUT2D eigenvalue weighted by atomic mass is 79.9. The van der Waals surface area contributed by atoms with Gasteiger partial charge in [-0.15, -0.1) is 0 Å². The lowest BCUT2D eigenvalue weighted by atomic mass is 9.73. The molecular formula is C27H34BrCl2N3O3. The molecule has 2 aromatic carbocycles. The van der Waals surface area contributed by atoms with Crippen LogP contribution < -0.4 is 21.7 Å². The van der Waals surface area contributed by atoms with Gasteiger partial charge < -0.3 is 35.8 Å². The molecule has 1 aliphatic carbocycles. The maximum atomic E-state index is 12.0. The molecule has 0 saturated heterocycles. The topological polar surface area (TPSA) is 68.4 Å². The Labute approximate surface area is 233 Å². The van der Waals surface area contributed by atoms with Crippen LogP contribution in [0.15, 0.2) is 53.1 Å². The third-order valence-corrected chi connectivity index (χ3v) is 7.59. The smallest absolute Gasteiger partial charge is 0.281 e. The molecule has 0 bridgehead atoms. The van der Waals surface area contributed by atoms with Crippen molar-refractivity contribution in [1.29, 1.82) is 0 Å². The molecule has 0 spiro atoms. The lowest BCUT2D eigenvalue weighted by Crippen LogP contribution is -3.00. The van der Waals surface area contributed by atoms with E-state index in [4.69, 9.17) is 37.4 Å². The van der Waals surface area contributed by atoms with Crippen LogP contribution in [0.1, 0.15) is 55.8 Å². The molecule has 4 rings (SSSR count). The van der Waals surface area contributed by atoms with Crippen LogP contribution in [0, 0.1) is 5.92 Å². The fourth-order valence-corrected chi connectivity index (χ4v) is 5.22. The predicted molar refractivity (Wildman–Crippen MR) is 138 cm³/mol. The SMILES string of the molecule is C[N+](C)(CCCOc1ccc(Cl)c(Cl)c1)Cc1nc(C(O)(c2ccccc2)C2CCCCC2)no1.[Br-]. The Hall–Kier alpha value is -1.64. The third kappa shape index (κ3) is 7.01. The molecule has 3 aromatic rings. The van der Waals surface area contributed by atoms with Gasteiger partial charge in [-0.3, -0.25) is 0 Å². The van der Waals surface area contributed by atoms with Crippen molar-refractivity contribution in [3.63, 3.8) is 0 Å². The van der Waals surface area contributed by atoms with Crippen molar-refractivity contribution in [2.24, 2.45) is 5.92 Å². The maximum absolute atomic E-state index is 12.0. The van der Waals surface area contributed by atoms with Crippen molar-refractivity contribution < 1.29 is 35.8 Å². The number of hydrogen-bond acceptors (Lipinski definition) is 5. The van der Waals surface area contributed by atoms with Gasteiger partial charge in [0.15, 0.2) is 12.1 Å². The van der Waals surface area contributed by atoms with Crippen LogP contribution in [0.5, 0.6) is 5.75 Å². The highest BCUT2D eigenvalue weighted by Crippen LogP contribution is 2.42. The minimum absolute atomic E-state index is 0. The molecule has 9 heteroatoms. The van der Waals surface area contributed by atoms with E-state index in [-0.39, 0.29) is 22.9 Å². The van der Waals surface area contributed by atoms with Crippen LogP contribution in [0.4, 0.5) is 0 Å². The van der Waals surface area contributed by atoms with E-state index in [2.05, 4.69) is 19.3 Å². The van der Waals surface area contributed by atoms with E-state index in [1.54, 1.807) is 12.1 Å². The van der Waals surface area contributed by atoms with Crippen LogP contribution in [0.2, 0.25) is 10.0 Å². The zero-order valence-electron chi connectivity index (χ0n) is 20.8. The highest BCUT2D eigenvalue weighted by Gasteiger charge is 2.44. The van der Waals surface area contributed by atoms with Crippen molar-refractivity contribution >= 4 is 23.2 Å². The van der Waals surface area contributed by atoms with Gasteiger partial charge in [-0.2, -0.15) is 4.98 Å². The van der Waals surface area contributed by atoms with Crippen LogP contribution in [0.3, 0.4) is 0 Å². The molecule has 1 unspecified atom stereocenters. The van der Waals surface area contributed by atoms with E-state index in [0.717, 1.165) is 44.2 Å². The molecule has 1 atom stereocenters. The van der Waals surface area contributed by atoms with Crippen molar-refractivity contribution in [3.05, 3.63) is 75.9 Å². The largest absolute Gasteiger partial charge is 1.00 e. The summed E-state index contributed by atoms with van der Waals surface area (Å²) in [4.78, 5) is 4.71. The summed E-state index contributed by atoms with van der Waals surface area (Å²) in [6, 6.07) is 15.0. The molecule has 1 aromatic heterocycles. The number of hydrogen-bond donors (Lipinski definition) is 1.